The summed E-state index contributed by atoms with van der Waals surface area (Å²) in [5.41, 5.74) is 1.94. The summed E-state index contributed by atoms with van der Waals surface area (Å²) in [7, 11) is 0. The first-order valence-corrected chi connectivity index (χ1v) is 13.5. The van der Waals surface area contributed by atoms with Crippen molar-refractivity contribution in [3.8, 4) is 0 Å². The number of rotatable bonds is 4. The summed E-state index contributed by atoms with van der Waals surface area (Å²) in [6, 6.07) is 0. The highest BCUT2D eigenvalue weighted by Crippen LogP contribution is 2.74. The molecule has 0 saturated heterocycles. The molecule has 0 amide bonds. The molecule has 0 aromatic carbocycles. The Morgan fingerprint density at radius 3 is 2.38 bits per heavy atom. The summed E-state index contributed by atoms with van der Waals surface area (Å²) in [4.78, 5) is 0. The molecule has 2 heteroatoms. The first-order valence-electron chi connectivity index (χ1n) is 13.5. The van der Waals surface area contributed by atoms with Crippen LogP contribution in [0.2, 0.25) is 0 Å². The van der Waals surface area contributed by atoms with Crippen molar-refractivity contribution in [3.63, 3.8) is 0 Å². The monoisotopic (exact) mass is 442 g/mol. The molecule has 0 radical (unpaired) electrons. The number of allylic oxidation sites excluding steroid dienone is 2. The highest BCUT2D eigenvalue weighted by atomic mass is 16.3. The van der Waals surface area contributed by atoms with Crippen molar-refractivity contribution < 1.29 is 10.2 Å². The molecule has 0 spiro atoms. The summed E-state index contributed by atoms with van der Waals surface area (Å²) in [5.74, 6) is 2.81. The van der Waals surface area contributed by atoms with Crippen molar-refractivity contribution >= 4 is 0 Å². The normalized spacial score (nSPS) is 46.9. The van der Waals surface area contributed by atoms with E-state index in [2.05, 4.69) is 53.7 Å². The maximum Gasteiger partial charge on any atom is 0.0771 e. The van der Waals surface area contributed by atoms with Crippen LogP contribution < -0.4 is 0 Å². The highest BCUT2D eigenvalue weighted by Gasteiger charge is 2.67. The molecule has 0 aromatic heterocycles. The third-order valence-corrected chi connectivity index (χ3v) is 11.6. The second kappa shape index (κ2) is 7.70. The Balaban J connectivity index is 1.62. The molecule has 0 heterocycles. The number of fused-ring (bicyclic) bond motifs is 5. The van der Waals surface area contributed by atoms with E-state index in [0.29, 0.717) is 28.1 Å². The molecule has 2 N–H and O–H groups in total. The van der Waals surface area contributed by atoms with Crippen LogP contribution in [0.5, 0.6) is 0 Å². The predicted molar refractivity (Wildman–Crippen MR) is 134 cm³/mol. The summed E-state index contributed by atoms with van der Waals surface area (Å²) < 4.78 is 0. The number of hydrogen-bond donors (Lipinski definition) is 2. The molecular formula is C30H50O2. The third-order valence-electron chi connectivity index (χ3n) is 11.6. The number of aliphatic hydroxyl groups is 2. The lowest BCUT2D eigenvalue weighted by Gasteiger charge is -2.66. The van der Waals surface area contributed by atoms with Gasteiger partial charge in [0.25, 0.3) is 0 Å². The lowest BCUT2D eigenvalue weighted by Crippen LogP contribution is -2.59. The van der Waals surface area contributed by atoms with Gasteiger partial charge in [-0.1, -0.05) is 65.3 Å². The van der Waals surface area contributed by atoms with Crippen LogP contribution in [-0.4, -0.2) is 21.9 Å². The van der Waals surface area contributed by atoms with E-state index in [0.717, 1.165) is 31.1 Å². The van der Waals surface area contributed by atoms with Crippen LogP contribution in [0.15, 0.2) is 23.8 Å². The quantitative estimate of drug-likeness (QED) is 0.448. The van der Waals surface area contributed by atoms with E-state index in [1.54, 1.807) is 5.57 Å². The minimum Gasteiger partial charge on any atom is -0.392 e. The van der Waals surface area contributed by atoms with Gasteiger partial charge in [0, 0.05) is 5.41 Å². The van der Waals surface area contributed by atoms with Gasteiger partial charge in [-0.2, -0.15) is 0 Å². The summed E-state index contributed by atoms with van der Waals surface area (Å²) >= 11 is 0. The van der Waals surface area contributed by atoms with E-state index in [1.807, 2.05) is 19.9 Å². The molecule has 4 aliphatic rings. The van der Waals surface area contributed by atoms with E-state index < -0.39 is 5.60 Å². The molecule has 0 unspecified atom stereocenters. The highest BCUT2D eigenvalue weighted by molar-refractivity contribution is 5.30. The van der Waals surface area contributed by atoms with E-state index in [4.69, 9.17) is 0 Å². The van der Waals surface area contributed by atoms with E-state index in [1.165, 1.54) is 32.1 Å². The fourth-order valence-electron chi connectivity index (χ4n) is 9.37. The van der Waals surface area contributed by atoms with Crippen molar-refractivity contribution in [2.24, 2.45) is 45.3 Å². The number of aliphatic hydroxyl groups excluding tert-OH is 1. The lowest BCUT2D eigenvalue weighted by molar-refractivity contribution is -0.145. The second-order valence-corrected chi connectivity index (χ2v) is 14.1. The zero-order valence-corrected chi connectivity index (χ0v) is 22.2. The zero-order chi connectivity index (χ0) is 23.7. The van der Waals surface area contributed by atoms with Crippen LogP contribution in [0.4, 0.5) is 0 Å². The maximum atomic E-state index is 10.8. The van der Waals surface area contributed by atoms with Gasteiger partial charge in [-0.3, -0.25) is 0 Å². The maximum absolute atomic E-state index is 10.8. The van der Waals surface area contributed by atoms with Crippen molar-refractivity contribution in [2.75, 3.05) is 0 Å². The van der Waals surface area contributed by atoms with Crippen molar-refractivity contribution in [1.29, 1.82) is 0 Å². The van der Waals surface area contributed by atoms with Gasteiger partial charge in [0.15, 0.2) is 0 Å². The van der Waals surface area contributed by atoms with Gasteiger partial charge in [0.2, 0.25) is 0 Å². The van der Waals surface area contributed by atoms with Gasteiger partial charge in [0.05, 0.1) is 11.7 Å². The standard InChI is InChI=1S/C30H50O2/c1-20(10-9-16-26(2,3)32)21-15-17-30(8)24-13-11-22-23(12-14-25(31)27(22,4)5)28(24,6)18-19-29(21,30)7/h9,11,16,20-21,23-25,31-32H,10,12-15,17-19H2,1-8H3/b16-9+/t20-,21-,23-,24-,25+,28+,29-,30+/m1/s1. The largest absolute Gasteiger partial charge is 0.392 e. The van der Waals surface area contributed by atoms with Crippen LogP contribution >= 0.6 is 0 Å². The van der Waals surface area contributed by atoms with Crippen LogP contribution in [0.1, 0.15) is 107 Å². The van der Waals surface area contributed by atoms with E-state index >= 15 is 0 Å². The number of hydrogen-bond acceptors (Lipinski definition) is 2. The Hall–Kier alpha value is -0.600. The first kappa shape index (κ1) is 24.5. The summed E-state index contributed by atoms with van der Waals surface area (Å²) in [6.45, 7) is 18.6. The molecule has 3 fully saturated rings. The van der Waals surface area contributed by atoms with Crippen molar-refractivity contribution in [3.05, 3.63) is 23.8 Å². The molecule has 2 nitrogen and oxygen atoms in total. The van der Waals surface area contributed by atoms with Crippen LogP contribution in [-0.2, 0) is 0 Å². The Morgan fingerprint density at radius 2 is 1.72 bits per heavy atom. The SMILES string of the molecule is C[C@H](C/C=C/C(C)(C)O)[C@H]1CC[C@@]2(C)[C@@H]3CC=C4[C@@H](CC[C@H](O)C4(C)C)[C@]3(C)CC[C@]12C. The molecule has 4 aliphatic carbocycles. The Labute approximate surface area is 198 Å². The van der Waals surface area contributed by atoms with Gasteiger partial charge < -0.3 is 10.2 Å². The molecule has 8 atom stereocenters. The predicted octanol–water partition coefficient (Wildman–Crippen LogP) is 7.31. The van der Waals surface area contributed by atoms with E-state index in [-0.39, 0.29) is 11.5 Å². The fraction of sp³-hybridized carbons (Fsp3) is 0.867. The van der Waals surface area contributed by atoms with Crippen molar-refractivity contribution in [1.82, 2.24) is 0 Å². The lowest BCUT2D eigenvalue weighted by atomic mass is 9.39. The van der Waals surface area contributed by atoms with E-state index in [9.17, 15) is 10.2 Å². The second-order valence-electron chi connectivity index (χ2n) is 14.1. The Morgan fingerprint density at radius 1 is 1.03 bits per heavy atom. The average molecular weight is 443 g/mol. The topological polar surface area (TPSA) is 40.5 Å². The van der Waals surface area contributed by atoms with Gasteiger partial charge >= 0.3 is 0 Å². The van der Waals surface area contributed by atoms with Crippen LogP contribution in [0.25, 0.3) is 0 Å². The van der Waals surface area contributed by atoms with Crippen LogP contribution in [0.3, 0.4) is 0 Å². The molecule has 0 aromatic rings. The minimum atomic E-state index is -0.714. The van der Waals surface area contributed by atoms with Gasteiger partial charge in [-0.05, 0) is 105 Å². The molecule has 4 rings (SSSR count). The molecule has 32 heavy (non-hydrogen) atoms. The third kappa shape index (κ3) is 3.49. The Kier molecular flexibility index (Phi) is 5.90. The zero-order valence-electron chi connectivity index (χ0n) is 22.2. The smallest absolute Gasteiger partial charge is 0.0771 e. The average Bonchev–Trinajstić information content (AvgIpc) is 2.95. The minimum absolute atomic E-state index is 0.0713. The molecule has 3 saturated carbocycles. The van der Waals surface area contributed by atoms with Gasteiger partial charge in [0.1, 0.15) is 0 Å². The molecular weight excluding hydrogens is 392 g/mol. The summed E-state index contributed by atoms with van der Waals surface area (Å²) in [6.07, 6.45) is 16.4. The van der Waals surface area contributed by atoms with Gasteiger partial charge in [-0.15, -0.1) is 0 Å². The molecule has 182 valence electrons. The molecule has 0 aliphatic heterocycles. The Bertz CT molecular complexity index is 785. The molecule has 0 bridgehead atoms. The summed E-state index contributed by atoms with van der Waals surface area (Å²) in [5, 5.41) is 20.8. The first-order chi connectivity index (χ1) is 14.7. The van der Waals surface area contributed by atoms with Crippen LogP contribution in [0, 0.1) is 45.3 Å². The fourth-order valence-corrected chi connectivity index (χ4v) is 9.37. The van der Waals surface area contributed by atoms with Gasteiger partial charge in [-0.25, -0.2) is 0 Å². The van der Waals surface area contributed by atoms with Crippen molar-refractivity contribution in [2.45, 2.75) is 118 Å².